The largest absolute Gasteiger partial charge is 0.345 e. The summed E-state index contributed by atoms with van der Waals surface area (Å²) in [6.45, 7) is 2.53. The molecule has 2 aromatic heterocycles. The molecule has 3 heterocycles. The molecule has 1 aliphatic rings. The van der Waals surface area contributed by atoms with Crippen molar-refractivity contribution in [3.05, 3.63) is 63.5 Å². The van der Waals surface area contributed by atoms with E-state index in [0.717, 1.165) is 15.6 Å². The fraction of sp³-hybridized carbons (Fsp3) is 0.300. The zero-order chi connectivity index (χ0) is 20.0. The standard InChI is InChI=1S/C20H20BrN5O2/c1-12-14-5-4-6-16(19(27)24(2)3)15(14)7-8-25(12)20(28)17-9-18-22-10-13(21)11-26(18)23-17/h4-6,9-12H,7-8H2,1-3H3. The Morgan fingerprint density at radius 3 is 2.82 bits per heavy atom. The van der Waals surface area contributed by atoms with Gasteiger partial charge in [-0.15, -0.1) is 0 Å². The van der Waals surface area contributed by atoms with Gasteiger partial charge in [-0.05, 0) is 46.5 Å². The summed E-state index contributed by atoms with van der Waals surface area (Å²) in [5.41, 5.74) is 3.73. The Hall–Kier alpha value is -2.74. The second kappa shape index (κ2) is 7.01. The molecule has 0 fully saturated rings. The average Bonchev–Trinajstić information content (AvgIpc) is 3.10. The lowest BCUT2D eigenvalue weighted by Gasteiger charge is -2.35. The molecule has 0 N–H and O–H groups in total. The first-order chi connectivity index (χ1) is 13.4. The van der Waals surface area contributed by atoms with Crippen LogP contribution in [0, 0.1) is 0 Å². The van der Waals surface area contributed by atoms with Gasteiger partial charge >= 0.3 is 0 Å². The summed E-state index contributed by atoms with van der Waals surface area (Å²) >= 11 is 3.36. The van der Waals surface area contributed by atoms with E-state index >= 15 is 0 Å². The number of amides is 2. The molecule has 144 valence electrons. The number of halogens is 1. The number of hydrogen-bond acceptors (Lipinski definition) is 4. The smallest absolute Gasteiger partial charge is 0.274 e. The van der Waals surface area contributed by atoms with Gasteiger partial charge in [0.2, 0.25) is 0 Å². The van der Waals surface area contributed by atoms with Gasteiger partial charge in [-0.2, -0.15) is 5.10 Å². The van der Waals surface area contributed by atoms with E-state index in [4.69, 9.17) is 0 Å². The Morgan fingerprint density at radius 2 is 2.07 bits per heavy atom. The van der Waals surface area contributed by atoms with E-state index in [1.165, 1.54) is 0 Å². The van der Waals surface area contributed by atoms with Crippen molar-refractivity contribution in [2.45, 2.75) is 19.4 Å². The molecular weight excluding hydrogens is 422 g/mol. The van der Waals surface area contributed by atoms with Gasteiger partial charge in [-0.1, -0.05) is 12.1 Å². The average molecular weight is 442 g/mol. The predicted molar refractivity (Wildman–Crippen MR) is 108 cm³/mol. The van der Waals surface area contributed by atoms with Gasteiger partial charge in [0.05, 0.1) is 10.5 Å². The Balaban J connectivity index is 1.67. The van der Waals surface area contributed by atoms with Crippen molar-refractivity contribution in [1.82, 2.24) is 24.4 Å². The first kappa shape index (κ1) is 18.6. The van der Waals surface area contributed by atoms with Gasteiger partial charge in [0.25, 0.3) is 11.8 Å². The fourth-order valence-corrected chi connectivity index (χ4v) is 3.99. The van der Waals surface area contributed by atoms with Crippen molar-refractivity contribution in [3.63, 3.8) is 0 Å². The monoisotopic (exact) mass is 441 g/mol. The van der Waals surface area contributed by atoms with Crippen molar-refractivity contribution in [2.75, 3.05) is 20.6 Å². The van der Waals surface area contributed by atoms with Crippen LogP contribution >= 0.6 is 15.9 Å². The molecule has 0 saturated heterocycles. The van der Waals surface area contributed by atoms with Crippen LogP contribution in [0.15, 0.2) is 41.1 Å². The number of rotatable bonds is 2. The van der Waals surface area contributed by atoms with Crippen LogP contribution in [0.2, 0.25) is 0 Å². The summed E-state index contributed by atoms with van der Waals surface area (Å²) in [6.07, 6.45) is 4.08. The van der Waals surface area contributed by atoms with E-state index in [1.54, 1.807) is 42.0 Å². The van der Waals surface area contributed by atoms with Crippen LogP contribution in [0.25, 0.3) is 5.65 Å². The zero-order valence-electron chi connectivity index (χ0n) is 15.9. The van der Waals surface area contributed by atoms with E-state index in [2.05, 4.69) is 26.0 Å². The highest BCUT2D eigenvalue weighted by atomic mass is 79.9. The van der Waals surface area contributed by atoms with Gasteiger partial charge in [-0.3, -0.25) is 9.59 Å². The lowest BCUT2D eigenvalue weighted by molar-refractivity contribution is 0.0670. The van der Waals surface area contributed by atoms with Gasteiger partial charge in [0.1, 0.15) is 0 Å². The molecule has 0 saturated carbocycles. The SMILES string of the molecule is CC1c2cccc(C(=O)N(C)C)c2CCN1C(=O)c1cc2ncc(Br)cn2n1. The summed E-state index contributed by atoms with van der Waals surface area (Å²) in [5.74, 6) is -0.148. The molecule has 4 rings (SSSR count). The Kier molecular flexibility index (Phi) is 4.66. The normalized spacial score (nSPS) is 16.1. The van der Waals surface area contributed by atoms with E-state index in [0.29, 0.717) is 29.9 Å². The second-order valence-corrected chi connectivity index (χ2v) is 8.02. The van der Waals surface area contributed by atoms with Crippen LogP contribution in [0.5, 0.6) is 0 Å². The number of aromatic nitrogens is 3. The Labute approximate surface area is 171 Å². The lowest BCUT2D eigenvalue weighted by Crippen LogP contribution is -2.40. The third-order valence-electron chi connectivity index (χ3n) is 5.13. The number of hydrogen-bond donors (Lipinski definition) is 0. The number of carbonyl (C=O) groups is 2. The molecule has 1 unspecified atom stereocenters. The lowest BCUT2D eigenvalue weighted by atomic mass is 9.89. The van der Waals surface area contributed by atoms with Crippen LogP contribution in [0.3, 0.4) is 0 Å². The molecule has 8 heteroatoms. The minimum absolute atomic E-state index is 0.0131. The Morgan fingerprint density at radius 1 is 1.29 bits per heavy atom. The predicted octanol–water partition coefficient (Wildman–Crippen LogP) is 2.95. The zero-order valence-corrected chi connectivity index (χ0v) is 17.5. The first-order valence-electron chi connectivity index (χ1n) is 9.02. The number of benzene rings is 1. The molecule has 1 aliphatic heterocycles. The third kappa shape index (κ3) is 3.07. The number of carbonyl (C=O) groups excluding carboxylic acids is 2. The van der Waals surface area contributed by atoms with Crippen LogP contribution in [-0.4, -0.2) is 56.9 Å². The van der Waals surface area contributed by atoms with E-state index in [9.17, 15) is 9.59 Å². The van der Waals surface area contributed by atoms with Crippen LogP contribution in [0.4, 0.5) is 0 Å². The van der Waals surface area contributed by atoms with Crippen molar-refractivity contribution < 1.29 is 9.59 Å². The summed E-state index contributed by atoms with van der Waals surface area (Å²) in [6, 6.07) is 7.29. The summed E-state index contributed by atoms with van der Waals surface area (Å²) in [5, 5.41) is 4.38. The quantitative estimate of drug-likeness (QED) is 0.612. The molecule has 0 bridgehead atoms. The van der Waals surface area contributed by atoms with Gasteiger partial charge < -0.3 is 9.80 Å². The highest BCUT2D eigenvalue weighted by molar-refractivity contribution is 9.10. The summed E-state index contributed by atoms with van der Waals surface area (Å²) < 4.78 is 2.38. The van der Waals surface area contributed by atoms with Crippen molar-refractivity contribution >= 4 is 33.4 Å². The molecule has 1 atom stereocenters. The van der Waals surface area contributed by atoms with Crippen molar-refractivity contribution in [3.8, 4) is 0 Å². The first-order valence-corrected chi connectivity index (χ1v) is 9.81. The summed E-state index contributed by atoms with van der Waals surface area (Å²) in [7, 11) is 3.50. The fourth-order valence-electron chi connectivity index (χ4n) is 3.69. The van der Waals surface area contributed by atoms with Crippen LogP contribution in [0.1, 0.15) is 44.9 Å². The van der Waals surface area contributed by atoms with Gasteiger partial charge in [0, 0.05) is 44.7 Å². The molecule has 7 nitrogen and oxygen atoms in total. The van der Waals surface area contributed by atoms with Gasteiger partial charge in [-0.25, -0.2) is 9.50 Å². The molecule has 0 spiro atoms. The van der Waals surface area contributed by atoms with Crippen molar-refractivity contribution in [1.29, 1.82) is 0 Å². The third-order valence-corrected chi connectivity index (χ3v) is 5.54. The minimum Gasteiger partial charge on any atom is -0.345 e. The highest BCUT2D eigenvalue weighted by Gasteiger charge is 2.32. The van der Waals surface area contributed by atoms with E-state index < -0.39 is 0 Å². The Bertz CT molecular complexity index is 1090. The van der Waals surface area contributed by atoms with E-state index in [1.807, 2.05) is 30.0 Å². The molecule has 2 amide bonds. The molecule has 1 aromatic carbocycles. The van der Waals surface area contributed by atoms with Crippen LogP contribution < -0.4 is 0 Å². The highest BCUT2D eigenvalue weighted by Crippen LogP contribution is 2.32. The van der Waals surface area contributed by atoms with Crippen LogP contribution in [-0.2, 0) is 6.42 Å². The maximum Gasteiger partial charge on any atom is 0.274 e. The van der Waals surface area contributed by atoms with E-state index in [-0.39, 0.29) is 17.9 Å². The maximum atomic E-state index is 13.1. The topological polar surface area (TPSA) is 70.8 Å². The molecular formula is C20H20BrN5O2. The molecule has 0 radical (unpaired) electrons. The van der Waals surface area contributed by atoms with Gasteiger partial charge in [0.15, 0.2) is 11.3 Å². The number of nitrogens with zero attached hydrogens (tertiary/aromatic N) is 5. The second-order valence-electron chi connectivity index (χ2n) is 7.10. The maximum absolute atomic E-state index is 13.1. The van der Waals surface area contributed by atoms with Crippen molar-refractivity contribution in [2.24, 2.45) is 0 Å². The summed E-state index contributed by atoms with van der Waals surface area (Å²) in [4.78, 5) is 33.3. The molecule has 28 heavy (non-hydrogen) atoms. The minimum atomic E-state index is -0.143. The molecule has 3 aromatic rings. The molecule has 0 aliphatic carbocycles. The number of fused-ring (bicyclic) bond motifs is 2.